The molecule has 98 valence electrons. The number of carboxylic acid groups (broad SMARTS) is 1. The van der Waals surface area contributed by atoms with Crippen molar-refractivity contribution in [3.63, 3.8) is 0 Å². The number of hydrogen-bond donors (Lipinski definition) is 2. The zero-order valence-corrected chi connectivity index (χ0v) is 10.7. The number of rotatable bonds is 2. The van der Waals surface area contributed by atoms with E-state index in [4.69, 9.17) is 5.11 Å². The van der Waals surface area contributed by atoms with Gasteiger partial charge in [0.15, 0.2) is 0 Å². The molecule has 1 saturated heterocycles. The van der Waals surface area contributed by atoms with E-state index in [1.807, 2.05) is 0 Å². The van der Waals surface area contributed by atoms with Crippen molar-refractivity contribution in [1.82, 2.24) is 14.7 Å². The number of urea groups is 1. The van der Waals surface area contributed by atoms with Gasteiger partial charge in [0, 0.05) is 31.3 Å². The van der Waals surface area contributed by atoms with Crippen molar-refractivity contribution in [2.24, 2.45) is 7.05 Å². The molecule has 2 heterocycles. The Morgan fingerprint density at radius 1 is 1.61 bits per heavy atom. The van der Waals surface area contributed by atoms with Crippen molar-refractivity contribution < 1.29 is 14.7 Å². The molecule has 7 nitrogen and oxygen atoms in total. The third-order valence-electron chi connectivity index (χ3n) is 2.63. The molecule has 1 aliphatic heterocycles. The summed E-state index contributed by atoms with van der Waals surface area (Å²) >= 11 is 1.54. The molecule has 8 heteroatoms. The van der Waals surface area contributed by atoms with Crippen LogP contribution in [-0.4, -0.2) is 55.9 Å². The molecule has 0 saturated carbocycles. The predicted octanol–water partition coefficient (Wildman–Crippen LogP) is 0.454. The van der Waals surface area contributed by atoms with Crippen molar-refractivity contribution in [3.05, 3.63) is 12.4 Å². The van der Waals surface area contributed by atoms with Crippen molar-refractivity contribution in [2.45, 2.75) is 6.04 Å². The molecule has 2 rings (SSSR count). The van der Waals surface area contributed by atoms with Gasteiger partial charge in [-0.1, -0.05) is 0 Å². The maximum atomic E-state index is 12.0. The smallest absolute Gasteiger partial charge is 0.327 e. The van der Waals surface area contributed by atoms with Crippen LogP contribution in [0.5, 0.6) is 0 Å². The number of nitrogens with one attached hydrogen (secondary N) is 1. The lowest BCUT2D eigenvalue weighted by atomic mass is 10.3. The maximum absolute atomic E-state index is 12.0. The maximum Gasteiger partial charge on any atom is 0.327 e. The minimum atomic E-state index is -0.969. The van der Waals surface area contributed by atoms with Crippen LogP contribution in [0.3, 0.4) is 0 Å². The van der Waals surface area contributed by atoms with Crippen molar-refractivity contribution in [3.8, 4) is 0 Å². The summed E-state index contributed by atoms with van der Waals surface area (Å²) in [5.41, 5.74) is 0.560. The van der Waals surface area contributed by atoms with Crippen LogP contribution < -0.4 is 5.32 Å². The monoisotopic (exact) mass is 270 g/mol. The number of aliphatic carboxylic acids is 1. The van der Waals surface area contributed by atoms with Crippen molar-refractivity contribution >= 4 is 29.4 Å². The van der Waals surface area contributed by atoms with Gasteiger partial charge in [-0.15, -0.1) is 0 Å². The Balaban J connectivity index is 2.04. The number of thioether (sulfide) groups is 1. The Hall–Kier alpha value is -1.70. The highest BCUT2D eigenvalue weighted by molar-refractivity contribution is 7.99. The number of amides is 2. The Morgan fingerprint density at radius 3 is 3.00 bits per heavy atom. The summed E-state index contributed by atoms with van der Waals surface area (Å²) in [4.78, 5) is 24.4. The molecule has 2 N–H and O–H groups in total. The first-order chi connectivity index (χ1) is 8.58. The first-order valence-electron chi connectivity index (χ1n) is 5.45. The first-order valence-corrected chi connectivity index (χ1v) is 6.60. The minimum Gasteiger partial charge on any atom is -0.480 e. The van der Waals surface area contributed by atoms with Crippen LogP contribution in [0.1, 0.15) is 0 Å². The molecule has 0 aliphatic carbocycles. The van der Waals surface area contributed by atoms with E-state index in [9.17, 15) is 9.59 Å². The molecule has 0 radical (unpaired) electrons. The topological polar surface area (TPSA) is 87.5 Å². The highest BCUT2D eigenvalue weighted by Crippen LogP contribution is 2.18. The second kappa shape index (κ2) is 5.30. The molecule has 1 unspecified atom stereocenters. The van der Waals surface area contributed by atoms with E-state index in [1.165, 1.54) is 11.1 Å². The number of carbonyl (C=O) groups excluding carboxylic acids is 1. The number of anilines is 1. The van der Waals surface area contributed by atoms with Gasteiger partial charge in [-0.2, -0.15) is 16.9 Å². The molecule has 0 aromatic carbocycles. The van der Waals surface area contributed by atoms with E-state index in [0.717, 1.165) is 5.75 Å². The second-order valence-corrected chi connectivity index (χ2v) is 5.11. The molecule has 1 fully saturated rings. The lowest BCUT2D eigenvalue weighted by Gasteiger charge is -2.32. The summed E-state index contributed by atoms with van der Waals surface area (Å²) in [6.07, 6.45) is 3.18. The summed E-state index contributed by atoms with van der Waals surface area (Å²) in [6, 6.07) is -1.16. The Kier molecular flexibility index (Phi) is 3.75. The van der Waals surface area contributed by atoms with Crippen LogP contribution in [0, 0.1) is 0 Å². The van der Waals surface area contributed by atoms with Crippen LogP contribution in [0.25, 0.3) is 0 Å². The molecular formula is C10H14N4O3S. The zero-order valence-electron chi connectivity index (χ0n) is 9.87. The molecule has 1 atom stereocenters. The molecule has 0 spiro atoms. The zero-order chi connectivity index (χ0) is 13.1. The van der Waals surface area contributed by atoms with E-state index in [0.29, 0.717) is 18.0 Å². The molecular weight excluding hydrogens is 256 g/mol. The van der Waals surface area contributed by atoms with E-state index < -0.39 is 18.0 Å². The number of aryl methyl sites for hydroxylation is 1. The summed E-state index contributed by atoms with van der Waals surface area (Å²) in [5.74, 6) is 0.212. The van der Waals surface area contributed by atoms with Crippen LogP contribution in [0.4, 0.5) is 10.5 Å². The van der Waals surface area contributed by atoms with E-state index in [2.05, 4.69) is 10.4 Å². The third kappa shape index (κ3) is 2.76. The summed E-state index contributed by atoms with van der Waals surface area (Å²) in [5, 5.41) is 15.7. The number of hydrogen-bond acceptors (Lipinski definition) is 4. The summed E-state index contributed by atoms with van der Waals surface area (Å²) in [6.45, 7) is 0.438. The largest absolute Gasteiger partial charge is 0.480 e. The Labute approximate surface area is 108 Å². The van der Waals surface area contributed by atoms with Crippen molar-refractivity contribution in [1.29, 1.82) is 0 Å². The average Bonchev–Trinajstić information content (AvgIpc) is 2.74. The van der Waals surface area contributed by atoms with Crippen LogP contribution >= 0.6 is 11.8 Å². The SMILES string of the molecule is Cn1cc(NC(=O)N2CCSCC2C(=O)O)cn1. The number of nitrogens with zero attached hydrogens (tertiary/aromatic N) is 3. The fourth-order valence-electron chi connectivity index (χ4n) is 1.73. The highest BCUT2D eigenvalue weighted by Gasteiger charge is 2.32. The van der Waals surface area contributed by atoms with Gasteiger partial charge in [0.1, 0.15) is 6.04 Å². The van der Waals surface area contributed by atoms with E-state index in [1.54, 1.807) is 29.7 Å². The van der Waals surface area contributed by atoms with Gasteiger partial charge in [-0.05, 0) is 0 Å². The van der Waals surface area contributed by atoms with Gasteiger partial charge < -0.3 is 15.3 Å². The predicted molar refractivity (Wildman–Crippen MR) is 67.7 cm³/mol. The van der Waals surface area contributed by atoms with Crippen molar-refractivity contribution in [2.75, 3.05) is 23.4 Å². The van der Waals surface area contributed by atoms with Gasteiger partial charge in [0.25, 0.3) is 0 Å². The summed E-state index contributed by atoms with van der Waals surface area (Å²) in [7, 11) is 1.74. The molecule has 0 bridgehead atoms. The minimum absolute atomic E-state index is 0.393. The van der Waals surface area contributed by atoms with Gasteiger partial charge in [0.2, 0.25) is 0 Å². The molecule has 1 aromatic heterocycles. The fourth-order valence-corrected chi connectivity index (χ4v) is 2.77. The lowest BCUT2D eigenvalue weighted by molar-refractivity contribution is -0.141. The number of carboxylic acids is 1. The number of carbonyl (C=O) groups is 2. The average molecular weight is 270 g/mol. The molecule has 1 aromatic rings. The molecule has 1 aliphatic rings. The first kappa shape index (κ1) is 12.7. The lowest BCUT2D eigenvalue weighted by Crippen LogP contribution is -2.51. The van der Waals surface area contributed by atoms with Crippen LogP contribution in [0.15, 0.2) is 12.4 Å². The Morgan fingerprint density at radius 2 is 2.39 bits per heavy atom. The summed E-state index contributed by atoms with van der Waals surface area (Å²) < 4.78 is 1.57. The van der Waals surface area contributed by atoms with E-state index >= 15 is 0 Å². The van der Waals surface area contributed by atoms with E-state index in [-0.39, 0.29) is 0 Å². The highest BCUT2D eigenvalue weighted by atomic mass is 32.2. The normalized spacial score (nSPS) is 19.6. The van der Waals surface area contributed by atoms with Gasteiger partial charge in [0.05, 0.1) is 11.9 Å². The van der Waals surface area contributed by atoms with Gasteiger partial charge >= 0.3 is 12.0 Å². The quantitative estimate of drug-likeness (QED) is 0.815. The van der Waals surface area contributed by atoms with Crippen LogP contribution in [0.2, 0.25) is 0 Å². The molecule has 18 heavy (non-hydrogen) atoms. The van der Waals surface area contributed by atoms with Gasteiger partial charge in [-0.3, -0.25) is 4.68 Å². The fraction of sp³-hybridized carbons (Fsp3) is 0.500. The number of aromatic nitrogens is 2. The third-order valence-corrected chi connectivity index (χ3v) is 3.65. The van der Waals surface area contributed by atoms with Crippen LogP contribution in [-0.2, 0) is 11.8 Å². The second-order valence-electron chi connectivity index (χ2n) is 3.96. The standard InChI is InChI=1S/C10H14N4O3S/c1-13-5-7(4-11-13)12-10(17)14-2-3-18-6-8(14)9(15)16/h4-5,8H,2-3,6H2,1H3,(H,12,17)(H,15,16). The Bertz CT molecular complexity index is 462. The van der Waals surface area contributed by atoms with Gasteiger partial charge in [-0.25, -0.2) is 9.59 Å². The molecule has 2 amide bonds.